The van der Waals surface area contributed by atoms with E-state index in [-0.39, 0.29) is 12.5 Å². The molecule has 0 aliphatic rings. The Labute approximate surface area is 108 Å². The summed E-state index contributed by atoms with van der Waals surface area (Å²) < 4.78 is 4.86. The van der Waals surface area contributed by atoms with Crippen LogP contribution in [0.1, 0.15) is 26.2 Å². The average molecular weight is 260 g/mol. The first-order valence-corrected chi connectivity index (χ1v) is 6.19. The molecule has 0 spiro atoms. The molecule has 1 atom stereocenters. The van der Waals surface area contributed by atoms with Crippen LogP contribution < -0.4 is 5.73 Å². The van der Waals surface area contributed by atoms with Crippen molar-refractivity contribution < 1.29 is 19.4 Å². The standard InChI is InChI=1S/C12H24N2O4/c1-10(5-6-13)3-4-11(15)14(7-8-18-2)9-12(16)17/h10H,3-9,13H2,1-2H3,(H,16,17). The minimum atomic E-state index is -1.01. The quantitative estimate of drug-likeness (QED) is 0.589. The molecule has 0 heterocycles. The number of methoxy groups -OCH3 is 1. The fourth-order valence-electron chi connectivity index (χ4n) is 1.61. The van der Waals surface area contributed by atoms with Gasteiger partial charge in [0.15, 0.2) is 0 Å². The summed E-state index contributed by atoms with van der Waals surface area (Å²) in [6, 6.07) is 0. The van der Waals surface area contributed by atoms with Crippen LogP contribution in [-0.4, -0.2) is 55.2 Å². The second-order valence-electron chi connectivity index (χ2n) is 4.42. The van der Waals surface area contributed by atoms with E-state index in [4.69, 9.17) is 15.6 Å². The monoisotopic (exact) mass is 260 g/mol. The number of carbonyl (C=O) groups excluding carboxylic acids is 1. The minimum absolute atomic E-state index is 0.140. The summed E-state index contributed by atoms with van der Waals surface area (Å²) in [6.07, 6.45) is 1.97. The third kappa shape index (κ3) is 8.03. The zero-order valence-electron chi connectivity index (χ0n) is 11.2. The molecule has 0 rings (SSSR count). The Morgan fingerprint density at radius 3 is 2.56 bits per heavy atom. The van der Waals surface area contributed by atoms with Gasteiger partial charge in [-0.25, -0.2) is 0 Å². The van der Waals surface area contributed by atoms with Gasteiger partial charge in [-0.1, -0.05) is 6.92 Å². The summed E-state index contributed by atoms with van der Waals surface area (Å²) in [6.45, 7) is 3.03. The minimum Gasteiger partial charge on any atom is -0.480 e. The van der Waals surface area contributed by atoms with Crippen LogP contribution in [0, 0.1) is 5.92 Å². The number of hydrogen-bond acceptors (Lipinski definition) is 4. The third-order valence-electron chi connectivity index (χ3n) is 2.75. The van der Waals surface area contributed by atoms with Crippen LogP contribution in [0.3, 0.4) is 0 Å². The van der Waals surface area contributed by atoms with Crippen molar-refractivity contribution in [3.63, 3.8) is 0 Å². The van der Waals surface area contributed by atoms with E-state index in [1.54, 1.807) is 0 Å². The van der Waals surface area contributed by atoms with Crippen molar-refractivity contribution in [2.75, 3.05) is 33.4 Å². The highest BCUT2D eigenvalue weighted by molar-refractivity contribution is 5.81. The molecule has 1 unspecified atom stereocenters. The fourth-order valence-corrected chi connectivity index (χ4v) is 1.61. The Kier molecular flexibility index (Phi) is 9.22. The zero-order chi connectivity index (χ0) is 14.0. The Morgan fingerprint density at radius 1 is 1.39 bits per heavy atom. The highest BCUT2D eigenvalue weighted by atomic mass is 16.5. The lowest BCUT2D eigenvalue weighted by Gasteiger charge is -2.21. The van der Waals surface area contributed by atoms with Crippen LogP contribution in [0.25, 0.3) is 0 Å². The molecule has 0 saturated heterocycles. The average Bonchev–Trinajstić information content (AvgIpc) is 2.31. The normalized spacial score (nSPS) is 12.2. The number of hydrogen-bond donors (Lipinski definition) is 2. The van der Waals surface area contributed by atoms with Crippen LogP contribution in [0.4, 0.5) is 0 Å². The molecule has 0 aliphatic heterocycles. The molecule has 1 amide bonds. The molecule has 18 heavy (non-hydrogen) atoms. The van der Waals surface area contributed by atoms with Gasteiger partial charge in [-0.2, -0.15) is 0 Å². The molecule has 0 radical (unpaired) electrons. The Balaban J connectivity index is 4.14. The molecule has 0 aromatic heterocycles. The van der Waals surface area contributed by atoms with E-state index in [1.807, 2.05) is 6.92 Å². The van der Waals surface area contributed by atoms with E-state index in [0.717, 1.165) is 12.8 Å². The maximum Gasteiger partial charge on any atom is 0.323 e. The summed E-state index contributed by atoms with van der Waals surface area (Å²) in [7, 11) is 1.52. The zero-order valence-corrected chi connectivity index (χ0v) is 11.2. The van der Waals surface area contributed by atoms with Crippen LogP contribution in [0.2, 0.25) is 0 Å². The number of rotatable bonds is 10. The molecule has 0 fully saturated rings. The molecule has 0 saturated carbocycles. The number of carbonyl (C=O) groups is 2. The van der Waals surface area contributed by atoms with Crippen molar-refractivity contribution >= 4 is 11.9 Å². The van der Waals surface area contributed by atoms with Crippen molar-refractivity contribution in [2.24, 2.45) is 11.7 Å². The number of carboxylic acid groups (broad SMARTS) is 1. The van der Waals surface area contributed by atoms with Gasteiger partial charge in [0.2, 0.25) is 5.91 Å². The van der Waals surface area contributed by atoms with E-state index in [2.05, 4.69) is 0 Å². The molecule has 106 valence electrons. The van der Waals surface area contributed by atoms with E-state index in [9.17, 15) is 9.59 Å². The lowest BCUT2D eigenvalue weighted by molar-refractivity contribution is -0.145. The largest absolute Gasteiger partial charge is 0.480 e. The Morgan fingerprint density at radius 2 is 2.06 bits per heavy atom. The summed E-state index contributed by atoms with van der Waals surface area (Å²) in [5, 5.41) is 8.74. The van der Waals surface area contributed by atoms with Gasteiger partial charge in [-0.3, -0.25) is 9.59 Å². The van der Waals surface area contributed by atoms with E-state index in [1.165, 1.54) is 12.0 Å². The molecule has 0 aromatic rings. The smallest absolute Gasteiger partial charge is 0.323 e. The molecular weight excluding hydrogens is 236 g/mol. The number of carboxylic acids is 1. The predicted molar refractivity (Wildman–Crippen MR) is 68.2 cm³/mol. The third-order valence-corrected chi connectivity index (χ3v) is 2.75. The Bertz CT molecular complexity index is 258. The van der Waals surface area contributed by atoms with E-state index < -0.39 is 5.97 Å². The lowest BCUT2D eigenvalue weighted by atomic mass is 10.0. The highest BCUT2D eigenvalue weighted by Crippen LogP contribution is 2.10. The fraction of sp³-hybridized carbons (Fsp3) is 0.833. The number of aliphatic carboxylic acids is 1. The molecule has 0 bridgehead atoms. The molecule has 0 aromatic carbocycles. The molecular formula is C12H24N2O4. The molecule has 6 heteroatoms. The number of nitrogens with two attached hydrogens (primary N) is 1. The molecule has 3 N–H and O–H groups in total. The highest BCUT2D eigenvalue weighted by Gasteiger charge is 2.17. The Hall–Kier alpha value is -1.14. The van der Waals surface area contributed by atoms with Crippen LogP contribution in [-0.2, 0) is 14.3 Å². The first-order valence-electron chi connectivity index (χ1n) is 6.19. The first-order chi connectivity index (χ1) is 8.51. The first kappa shape index (κ1) is 16.9. The van der Waals surface area contributed by atoms with E-state index in [0.29, 0.717) is 32.0 Å². The van der Waals surface area contributed by atoms with Gasteiger partial charge in [0.25, 0.3) is 0 Å². The number of amides is 1. The van der Waals surface area contributed by atoms with Crippen molar-refractivity contribution in [2.45, 2.75) is 26.2 Å². The maximum absolute atomic E-state index is 11.9. The van der Waals surface area contributed by atoms with Gasteiger partial charge in [-0.15, -0.1) is 0 Å². The van der Waals surface area contributed by atoms with Crippen LogP contribution in [0.15, 0.2) is 0 Å². The van der Waals surface area contributed by atoms with Crippen molar-refractivity contribution in [3.8, 4) is 0 Å². The van der Waals surface area contributed by atoms with Gasteiger partial charge < -0.3 is 20.5 Å². The summed E-state index contributed by atoms with van der Waals surface area (Å²) in [4.78, 5) is 23.9. The topological polar surface area (TPSA) is 92.9 Å². The summed E-state index contributed by atoms with van der Waals surface area (Å²) in [5.74, 6) is -0.763. The number of ether oxygens (including phenoxy) is 1. The van der Waals surface area contributed by atoms with Crippen molar-refractivity contribution in [1.29, 1.82) is 0 Å². The predicted octanol–water partition coefficient (Wildman–Crippen LogP) is 0.311. The maximum atomic E-state index is 11.9. The van der Waals surface area contributed by atoms with Crippen molar-refractivity contribution in [1.82, 2.24) is 4.90 Å². The summed E-state index contributed by atoms with van der Waals surface area (Å²) >= 11 is 0. The van der Waals surface area contributed by atoms with Crippen molar-refractivity contribution in [3.05, 3.63) is 0 Å². The van der Waals surface area contributed by atoms with Gasteiger partial charge in [-0.05, 0) is 25.3 Å². The van der Waals surface area contributed by atoms with Gasteiger partial charge in [0.1, 0.15) is 6.54 Å². The van der Waals surface area contributed by atoms with Gasteiger partial charge in [0, 0.05) is 20.1 Å². The lowest BCUT2D eigenvalue weighted by Crippen LogP contribution is -2.38. The number of nitrogens with zero attached hydrogens (tertiary/aromatic N) is 1. The molecule has 6 nitrogen and oxygen atoms in total. The van der Waals surface area contributed by atoms with Gasteiger partial charge in [0.05, 0.1) is 6.61 Å². The van der Waals surface area contributed by atoms with Crippen LogP contribution in [0.5, 0.6) is 0 Å². The van der Waals surface area contributed by atoms with Crippen LogP contribution >= 0.6 is 0 Å². The second kappa shape index (κ2) is 9.85. The van der Waals surface area contributed by atoms with Gasteiger partial charge >= 0.3 is 5.97 Å². The SMILES string of the molecule is COCCN(CC(=O)O)C(=O)CCC(C)CCN. The second-order valence-corrected chi connectivity index (χ2v) is 4.42. The summed E-state index contributed by atoms with van der Waals surface area (Å²) in [5.41, 5.74) is 5.44. The molecule has 0 aliphatic carbocycles. The van der Waals surface area contributed by atoms with E-state index >= 15 is 0 Å².